The van der Waals surface area contributed by atoms with E-state index < -0.39 is 46.8 Å². The Morgan fingerprint density at radius 3 is 2.35 bits per heavy atom. The van der Waals surface area contributed by atoms with Gasteiger partial charge in [0.25, 0.3) is 0 Å². The second kappa shape index (κ2) is 10.3. The van der Waals surface area contributed by atoms with Crippen LogP contribution in [-0.4, -0.2) is 53.3 Å². The van der Waals surface area contributed by atoms with Crippen molar-refractivity contribution in [1.82, 2.24) is 14.1 Å². The molecule has 1 saturated heterocycles. The van der Waals surface area contributed by atoms with Gasteiger partial charge in [0.1, 0.15) is 5.75 Å². The van der Waals surface area contributed by atoms with E-state index in [1.54, 1.807) is 6.92 Å². The molecule has 8 nitrogen and oxygen atoms in total. The number of hydrogen-bond donors (Lipinski definition) is 1. The van der Waals surface area contributed by atoms with Gasteiger partial charge in [0.15, 0.2) is 0 Å². The standard InChI is InChI=1S/C26H26F5N3O5S/c1-14-12-33(40(37,38)17-7-5-16(6-8-17)39-25(27)28)13-21(14)34-24-18(20(32-34)11-22(35)36)9-10-19(26(29,30)31)23(24)15-3-2-4-15/h5-10,14-15,21,25H,2-4,11-13H2,1H3,(H,35,36)/t14-,21+/m1/s1. The zero-order valence-corrected chi connectivity index (χ0v) is 22.1. The lowest BCUT2D eigenvalue weighted by molar-refractivity contribution is -0.138. The average molecular weight is 588 g/mol. The molecule has 5 rings (SSSR count). The summed E-state index contributed by atoms with van der Waals surface area (Å²) in [5.74, 6) is -2.17. The van der Waals surface area contributed by atoms with Gasteiger partial charge in [-0.15, -0.1) is 0 Å². The first-order chi connectivity index (χ1) is 18.8. The van der Waals surface area contributed by atoms with Crippen molar-refractivity contribution in [3.63, 3.8) is 0 Å². The number of aromatic nitrogens is 2. The number of nitrogens with zero attached hydrogens (tertiary/aromatic N) is 3. The molecule has 2 aromatic carbocycles. The number of rotatable bonds is 8. The van der Waals surface area contributed by atoms with E-state index in [9.17, 15) is 40.3 Å². The molecule has 0 amide bonds. The quantitative estimate of drug-likeness (QED) is 0.353. The molecular weight excluding hydrogens is 561 g/mol. The third-order valence-electron chi connectivity index (χ3n) is 7.66. The maximum absolute atomic E-state index is 14.1. The van der Waals surface area contributed by atoms with E-state index in [1.807, 2.05) is 0 Å². The number of ether oxygens (including phenoxy) is 1. The van der Waals surface area contributed by atoms with Crippen LogP contribution in [-0.2, 0) is 27.4 Å². The molecule has 3 aromatic rings. The molecular formula is C26H26F5N3O5S. The molecule has 1 aliphatic heterocycles. The van der Waals surface area contributed by atoms with Gasteiger partial charge in [-0.2, -0.15) is 31.4 Å². The highest BCUT2D eigenvalue weighted by molar-refractivity contribution is 7.89. The topological polar surface area (TPSA) is 102 Å². The minimum atomic E-state index is -4.64. The van der Waals surface area contributed by atoms with Gasteiger partial charge in [-0.1, -0.05) is 19.4 Å². The number of halogens is 5. The monoisotopic (exact) mass is 587 g/mol. The molecule has 2 heterocycles. The second-order valence-corrected chi connectivity index (χ2v) is 12.2. The highest BCUT2D eigenvalue weighted by Gasteiger charge is 2.43. The molecule has 40 heavy (non-hydrogen) atoms. The smallest absolute Gasteiger partial charge is 0.416 e. The first-order valence-corrected chi connectivity index (χ1v) is 14.1. The molecule has 14 heteroatoms. The van der Waals surface area contributed by atoms with Gasteiger partial charge in [0.2, 0.25) is 10.0 Å². The first-order valence-electron chi connectivity index (χ1n) is 12.7. The normalized spacial score (nSPS) is 20.8. The molecule has 2 fully saturated rings. The van der Waals surface area contributed by atoms with Gasteiger partial charge in [-0.3, -0.25) is 9.48 Å². The van der Waals surface area contributed by atoms with Crippen LogP contribution in [0.1, 0.15) is 55.0 Å². The van der Waals surface area contributed by atoms with E-state index in [2.05, 4.69) is 9.84 Å². The molecule has 1 aromatic heterocycles. The van der Waals surface area contributed by atoms with Gasteiger partial charge in [0, 0.05) is 18.5 Å². The molecule has 2 atom stereocenters. The number of sulfonamides is 1. The van der Waals surface area contributed by atoms with Crippen molar-refractivity contribution < 1.29 is 45.0 Å². The number of hydrogen-bond acceptors (Lipinski definition) is 5. The summed E-state index contributed by atoms with van der Waals surface area (Å²) in [5, 5.41) is 14.2. The van der Waals surface area contributed by atoms with E-state index in [4.69, 9.17) is 0 Å². The summed E-state index contributed by atoms with van der Waals surface area (Å²) in [6.45, 7) is -1.42. The van der Waals surface area contributed by atoms with E-state index in [0.29, 0.717) is 18.2 Å². The first kappa shape index (κ1) is 28.3. The maximum Gasteiger partial charge on any atom is 0.416 e. The summed E-state index contributed by atoms with van der Waals surface area (Å²) in [4.78, 5) is 11.4. The van der Waals surface area contributed by atoms with Crippen molar-refractivity contribution in [3.8, 4) is 5.75 Å². The van der Waals surface area contributed by atoms with Crippen LogP contribution in [0.4, 0.5) is 22.0 Å². The molecule has 0 spiro atoms. The lowest BCUT2D eigenvalue weighted by Gasteiger charge is -2.30. The molecule has 0 unspecified atom stereocenters. The number of aliphatic carboxylic acids is 1. The van der Waals surface area contributed by atoms with Crippen LogP contribution in [0.15, 0.2) is 41.3 Å². The number of fused-ring (bicyclic) bond motifs is 1. The van der Waals surface area contributed by atoms with E-state index >= 15 is 0 Å². The summed E-state index contributed by atoms with van der Waals surface area (Å²) in [5.41, 5.74) is -0.419. The summed E-state index contributed by atoms with van der Waals surface area (Å²) >= 11 is 0. The van der Waals surface area contributed by atoms with Gasteiger partial charge in [-0.05, 0) is 60.6 Å². The Balaban J connectivity index is 1.57. The average Bonchev–Trinajstić information content (AvgIpc) is 3.38. The van der Waals surface area contributed by atoms with Gasteiger partial charge >= 0.3 is 18.8 Å². The third-order valence-corrected chi connectivity index (χ3v) is 9.51. The Morgan fingerprint density at radius 1 is 1.12 bits per heavy atom. The van der Waals surface area contributed by atoms with Gasteiger partial charge in [0.05, 0.1) is 34.1 Å². The highest BCUT2D eigenvalue weighted by atomic mass is 32.2. The Labute approximate surface area is 226 Å². The molecule has 2 aliphatic rings. The van der Waals surface area contributed by atoms with Crippen molar-refractivity contribution in [1.29, 1.82) is 0 Å². The van der Waals surface area contributed by atoms with Crippen LogP contribution in [0.25, 0.3) is 10.9 Å². The van der Waals surface area contributed by atoms with Gasteiger partial charge in [-0.25, -0.2) is 8.42 Å². The Hall–Kier alpha value is -3.26. The Bertz CT molecular complexity index is 1530. The predicted molar refractivity (Wildman–Crippen MR) is 133 cm³/mol. The van der Waals surface area contributed by atoms with Crippen LogP contribution in [0.2, 0.25) is 0 Å². The van der Waals surface area contributed by atoms with Crippen LogP contribution in [0.5, 0.6) is 5.75 Å². The summed E-state index contributed by atoms with van der Waals surface area (Å²) in [7, 11) is -4.10. The number of benzene rings is 2. The van der Waals surface area contributed by atoms with Crippen LogP contribution < -0.4 is 4.74 Å². The minimum absolute atomic E-state index is 0.0234. The predicted octanol–water partition coefficient (Wildman–Crippen LogP) is 5.43. The number of carboxylic acids is 1. The van der Waals surface area contributed by atoms with Crippen LogP contribution in [0.3, 0.4) is 0 Å². The Morgan fingerprint density at radius 2 is 1.80 bits per heavy atom. The zero-order chi connectivity index (χ0) is 29.0. The largest absolute Gasteiger partial charge is 0.481 e. The zero-order valence-electron chi connectivity index (χ0n) is 21.2. The lowest BCUT2D eigenvalue weighted by Crippen LogP contribution is -2.29. The fraction of sp³-hybridized carbons (Fsp3) is 0.462. The van der Waals surface area contributed by atoms with Gasteiger partial charge < -0.3 is 9.84 Å². The Kier molecular flexibility index (Phi) is 7.27. The van der Waals surface area contributed by atoms with Crippen LogP contribution in [0, 0.1) is 5.92 Å². The van der Waals surface area contributed by atoms with E-state index in [1.165, 1.54) is 15.1 Å². The summed E-state index contributed by atoms with van der Waals surface area (Å²) in [6, 6.07) is 6.05. The van der Waals surface area contributed by atoms with Crippen LogP contribution >= 0.6 is 0 Å². The molecule has 216 valence electrons. The number of carboxylic acid groups (broad SMARTS) is 1. The van der Waals surface area contributed by atoms with Crippen molar-refractivity contribution in [3.05, 3.63) is 53.2 Å². The fourth-order valence-electron chi connectivity index (χ4n) is 5.56. The third kappa shape index (κ3) is 5.14. The molecule has 1 aliphatic carbocycles. The van der Waals surface area contributed by atoms with E-state index in [-0.39, 0.29) is 52.3 Å². The number of alkyl halides is 5. The molecule has 1 N–H and O–H groups in total. The molecule has 1 saturated carbocycles. The van der Waals surface area contributed by atoms with Crippen molar-refractivity contribution >= 4 is 26.9 Å². The number of carbonyl (C=O) groups is 1. The SMILES string of the molecule is C[C@@H]1CN(S(=O)(=O)c2ccc(OC(F)F)cc2)C[C@@H]1n1nc(CC(=O)O)c2ccc(C(F)(F)F)c(C3CCC3)c21. The minimum Gasteiger partial charge on any atom is -0.481 e. The van der Waals surface area contributed by atoms with Crippen molar-refractivity contribution in [2.45, 2.75) is 62.3 Å². The van der Waals surface area contributed by atoms with Crippen molar-refractivity contribution in [2.24, 2.45) is 5.92 Å². The molecule has 0 bridgehead atoms. The summed E-state index contributed by atoms with van der Waals surface area (Å²) in [6.07, 6.45) is -3.28. The van der Waals surface area contributed by atoms with E-state index in [0.717, 1.165) is 36.8 Å². The fourth-order valence-corrected chi connectivity index (χ4v) is 7.11. The lowest BCUT2D eigenvalue weighted by atomic mass is 9.77. The maximum atomic E-state index is 14.1. The summed E-state index contributed by atoms with van der Waals surface area (Å²) < 4.78 is 101. The highest BCUT2D eigenvalue weighted by Crippen LogP contribution is 2.48. The van der Waals surface area contributed by atoms with Crippen molar-refractivity contribution in [2.75, 3.05) is 13.1 Å². The second-order valence-electron chi connectivity index (χ2n) is 10.2. The molecule has 0 radical (unpaired) electrons.